The highest BCUT2D eigenvalue weighted by atomic mass is 31.2. The molecule has 2 aliphatic carbocycles. The Morgan fingerprint density at radius 3 is 2.29 bits per heavy atom. The van der Waals surface area contributed by atoms with Gasteiger partial charge in [0.1, 0.15) is 0 Å². The zero-order valence-corrected chi connectivity index (χ0v) is 9.17. The monoisotopic (exact) mass is 211 g/mol. The fourth-order valence-electron chi connectivity index (χ4n) is 2.09. The molecule has 1 heterocycles. The molecule has 0 amide bonds. The molecule has 3 rings (SSSR count). The lowest BCUT2D eigenvalue weighted by atomic mass is 10.8. The van der Waals surface area contributed by atoms with Gasteiger partial charge in [0.2, 0.25) is 0 Å². The Balaban J connectivity index is 2.02. The first-order valence-corrected chi connectivity index (χ1v) is 7.08. The van der Waals surface area contributed by atoms with Gasteiger partial charge in [0, 0.05) is 18.2 Å². The van der Waals surface area contributed by atoms with Crippen LogP contribution in [0, 0.1) is 6.92 Å². The Bertz CT molecular complexity index is 388. The molecule has 0 aliphatic heterocycles. The number of aromatic nitrogens is 1. The molecule has 0 unspecified atom stereocenters. The Morgan fingerprint density at radius 2 is 1.93 bits per heavy atom. The van der Waals surface area contributed by atoms with Gasteiger partial charge in [-0.15, -0.1) is 0 Å². The highest BCUT2D eigenvalue weighted by molar-refractivity contribution is 7.73. The van der Waals surface area contributed by atoms with Crippen molar-refractivity contribution in [1.29, 1.82) is 0 Å². The van der Waals surface area contributed by atoms with Gasteiger partial charge in [-0.3, -0.25) is 0 Å². The molecule has 0 bridgehead atoms. The van der Waals surface area contributed by atoms with E-state index in [4.69, 9.17) is 4.42 Å². The van der Waals surface area contributed by atoms with Crippen molar-refractivity contribution in [2.45, 2.75) is 43.9 Å². The summed E-state index contributed by atoms with van der Waals surface area (Å²) in [5, 5.41) is 0. The van der Waals surface area contributed by atoms with E-state index in [9.17, 15) is 4.57 Å². The van der Waals surface area contributed by atoms with Crippen LogP contribution < -0.4 is 5.50 Å². The average molecular weight is 211 g/mol. The van der Waals surface area contributed by atoms with Gasteiger partial charge in [-0.25, -0.2) is 4.98 Å². The summed E-state index contributed by atoms with van der Waals surface area (Å²) in [6.45, 7) is 1.81. The van der Waals surface area contributed by atoms with Crippen molar-refractivity contribution in [2.24, 2.45) is 0 Å². The summed E-state index contributed by atoms with van der Waals surface area (Å²) >= 11 is 0. The lowest BCUT2D eigenvalue weighted by Crippen LogP contribution is -2.09. The second-order valence-corrected chi connectivity index (χ2v) is 7.71. The molecule has 1 aromatic heterocycles. The molecule has 0 saturated heterocycles. The second kappa shape index (κ2) is 2.73. The standard InChI is InChI=1S/C10H14NO2P/c1-7-11-6-10(13-7)14(12,8-2-3-8)9-4-5-9/h6,8-9H,2-5H2,1H3. The number of nitrogens with zero attached hydrogens (tertiary/aromatic N) is 1. The van der Waals surface area contributed by atoms with E-state index in [2.05, 4.69) is 4.98 Å². The second-order valence-electron chi connectivity index (χ2n) is 4.39. The van der Waals surface area contributed by atoms with Gasteiger partial charge in [-0.05, 0) is 25.7 Å². The Morgan fingerprint density at radius 1 is 1.36 bits per heavy atom. The summed E-state index contributed by atoms with van der Waals surface area (Å²) in [6, 6.07) is 0. The van der Waals surface area contributed by atoms with Gasteiger partial charge >= 0.3 is 0 Å². The summed E-state index contributed by atoms with van der Waals surface area (Å²) in [5.41, 5.74) is 1.53. The van der Waals surface area contributed by atoms with Crippen LogP contribution >= 0.6 is 7.14 Å². The minimum absolute atomic E-state index is 0.419. The first-order chi connectivity index (χ1) is 6.71. The number of aryl methyl sites for hydroxylation is 1. The Kier molecular flexibility index (Phi) is 1.70. The number of oxazole rings is 1. The molecule has 0 aromatic carbocycles. The Labute approximate surface area is 83.3 Å². The molecule has 2 fully saturated rings. The van der Waals surface area contributed by atoms with Gasteiger partial charge in [-0.2, -0.15) is 0 Å². The highest BCUT2D eigenvalue weighted by Gasteiger charge is 2.53. The SMILES string of the molecule is Cc1ncc(P(=O)(C2CC2)C2CC2)o1. The van der Waals surface area contributed by atoms with Crippen molar-refractivity contribution < 1.29 is 8.98 Å². The summed E-state index contributed by atoms with van der Waals surface area (Å²) in [5.74, 6) is 0.640. The van der Waals surface area contributed by atoms with E-state index < -0.39 is 7.14 Å². The van der Waals surface area contributed by atoms with Crippen molar-refractivity contribution in [2.75, 3.05) is 0 Å². The zero-order chi connectivity index (χ0) is 9.76. The molecule has 0 N–H and O–H groups in total. The van der Waals surface area contributed by atoms with Crippen molar-refractivity contribution in [1.82, 2.24) is 4.98 Å². The predicted octanol–water partition coefficient (Wildman–Crippen LogP) is 2.30. The molecule has 0 radical (unpaired) electrons. The molecule has 0 atom stereocenters. The first-order valence-electron chi connectivity index (χ1n) is 5.23. The average Bonchev–Trinajstić information content (AvgIpc) is 3.01. The maximum Gasteiger partial charge on any atom is 0.191 e. The van der Waals surface area contributed by atoms with Crippen LogP contribution in [0.5, 0.6) is 0 Å². The third-order valence-corrected chi connectivity index (χ3v) is 7.23. The van der Waals surface area contributed by atoms with Crippen LogP contribution in [0.2, 0.25) is 0 Å². The third-order valence-electron chi connectivity index (χ3n) is 3.13. The predicted molar refractivity (Wildman–Crippen MR) is 54.5 cm³/mol. The first kappa shape index (κ1) is 8.72. The van der Waals surface area contributed by atoms with Gasteiger partial charge in [0.15, 0.2) is 18.5 Å². The molecule has 76 valence electrons. The van der Waals surface area contributed by atoms with Crippen LogP contribution in [0.4, 0.5) is 0 Å². The normalized spacial score (nSPS) is 22.6. The van der Waals surface area contributed by atoms with Gasteiger partial charge < -0.3 is 8.98 Å². The maximum absolute atomic E-state index is 12.8. The van der Waals surface area contributed by atoms with E-state index in [-0.39, 0.29) is 0 Å². The van der Waals surface area contributed by atoms with Crippen LogP contribution in [-0.2, 0) is 4.57 Å². The summed E-state index contributed by atoms with van der Waals surface area (Å²) in [6.07, 6.45) is 6.16. The molecular formula is C10H14NO2P. The van der Waals surface area contributed by atoms with Gasteiger partial charge in [0.05, 0.1) is 6.20 Å². The van der Waals surface area contributed by atoms with Gasteiger partial charge in [-0.1, -0.05) is 0 Å². The van der Waals surface area contributed by atoms with Crippen molar-refractivity contribution in [3.05, 3.63) is 12.1 Å². The fraction of sp³-hybridized carbons (Fsp3) is 0.700. The van der Waals surface area contributed by atoms with Crippen molar-refractivity contribution in [3.63, 3.8) is 0 Å². The van der Waals surface area contributed by atoms with E-state index in [1.165, 1.54) is 0 Å². The smallest absolute Gasteiger partial charge is 0.191 e. The zero-order valence-electron chi connectivity index (χ0n) is 8.27. The highest BCUT2D eigenvalue weighted by Crippen LogP contribution is 2.69. The van der Waals surface area contributed by atoms with Crippen LogP contribution in [0.25, 0.3) is 0 Å². The van der Waals surface area contributed by atoms with Crippen LogP contribution in [0.15, 0.2) is 10.6 Å². The summed E-state index contributed by atoms with van der Waals surface area (Å²) in [7, 11) is -2.20. The van der Waals surface area contributed by atoms with Gasteiger partial charge in [0.25, 0.3) is 0 Å². The molecule has 14 heavy (non-hydrogen) atoms. The fourth-order valence-corrected chi connectivity index (χ4v) is 5.75. The summed E-state index contributed by atoms with van der Waals surface area (Å²) < 4.78 is 18.3. The van der Waals surface area contributed by atoms with E-state index in [0.29, 0.717) is 22.7 Å². The van der Waals surface area contributed by atoms with Crippen LogP contribution in [-0.4, -0.2) is 16.3 Å². The Hall–Kier alpha value is -0.560. The minimum atomic E-state index is -2.20. The summed E-state index contributed by atoms with van der Waals surface area (Å²) in [4.78, 5) is 4.06. The molecule has 4 heteroatoms. The van der Waals surface area contributed by atoms with E-state index in [1.807, 2.05) is 6.92 Å². The van der Waals surface area contributed by atoms with E-state index in [1.54, 1.807) is 6.20 Å². The minimum Gasteiger partial charge on any atom is -0.438 e. The molecule has 1 aromatic rings. The molecule has 2 aliphatic rings. The molecule has 2 saturated carbocycles. The molecule has 0 spiro atoms. The molecule has 3 nitrogen and oxygen atoms in total. The number of rotatable bonds is 3. The number of hydrogen-bond acceptors (Lipinski definition) is 3. The van der Waals surface area contributed by atoms with Crippen LogP contribution in [0.3, 0.4) is 0 Å². The maximum atomic E-state index is 12.8. The topological polar surface area (TPSA) is 43.1 Å². The van der Waals surface area contributed by atoms with E-state index >= 15 is 0 Å². The van der Waals surface area contributed by atoms with Crippen molar-refractivity contribution in [3.8, 4) is 0 Å². The largest absolute Gasteiger partial charge is 0.438 e. The quantitative estimate of drug-likeness (QED) is 0.720. The lowest BCUT2D eigenvalue weighted by Gasteiger charge is -2.12. The third kappa shape index (κ3) is 1.18. The van der Waals surface area contributed by atoms with Crippen LogP contribution in [0.1, 0.15) is 31.6 Å². The van der Waals surface area contributed by atoms with Crippen molar-refractivity contribution >= 4 is 12.6 Å². The lowest BCUT2D eigenvalue weighted by molar-refractivity contribution is 0.531. The number of hydrogen-bond donors (Lipinski definition) is 0. The van der Waals surface area contributed by atoms with E-state index in [0.717, 1.165) is 25.7 Å². The molecular weight excluding hydrogens is 197 g/mol.